The molecule has 1 aromatic rings. The minimum Gasteiger partial charge on any atom is -0.465 e. The molecule has 0 saturated heterocycles. The summed E-state index contributed by atoms with van der Waals surface area (Å²) in [6, 6.07) is 7.41. The third kappa shape index (κ3) is 2.80. The first-order chi connectivity index (χ1) is 8.56. The van der Waals surface area contributed by atoms with Gasteiger partial charge in [-0.05, 0) is 30.9 Å². The van der Waals surface area contributed by atoms with E-state index in [0.717, 1.165) is 12.8 Å². The first-order valence-electron chi connectivity index (χ1n) is 5.93. The van der Waals surface area contributed by atoms with E-state index in [-0.39, 0.29) is 11.9 Å². The predicted octanol–water partition coefficient (Wildman–Crippen LogP) is 0.926. The molecule has 96 valence electrons. The number of carbonyl (C=O) groups is 2. The zero-order valence-corrected chi connectivity index (χ0v) is 10.1. The number of nitrogens with one attached hydrogen (secondary N) is 2. The van der Waals surface area contributed by atoms with Gasteiger partial charge in [0.1, 0.15) is 6.04 Å². The number of rotatable bonds is 3. The Bertz CT molecular complexity index is 448. The molecule has 18 heavy (non-hydrogen) atoms. The zero-order chi connectivity index (χ0) is 13.1. The van der Waals surface area contributed by atoms with Crippen LogP contribution in [-0.4, -0.2) is 29.2 Å². The van der Waals surface area contributed by atoms with Crippen molar-refractivity contribution in [3.05, 3.63) is 35.4 Å². The molecule has 1 aromatic carbocycles. The van der Waals surface area contributed by atoms with Crippen molar-refractivity contribution in [2.75, 3.05) is 0 Å². The van der Waals surface area contributed by atoms with Crippen LogP contribution in [0.3, 0.4) is 0 Å². The van der Waals surface area contributed by atoms with Crippen molar-refractivity contribution in [2.24, 2.45) is 0 Å². The van der Waals surface area contributed by atoms with Gasteiger partial charge in [-0.2, -0.15) is 0 Å². The Balaban J connectivity index is 1.89. The SMILES string of the molecule is C[C@@H](NC(=O)O)C(=O)NC1Cc2ccccc2C1. The summed E-state index contributed by atoms with van der Waals surface area (Å²) < 4.78 is 0. The number of carbonyl (C=O) groups excluding carboxylic acids is 1. The fraction of sp³-hybridized carbons (Fsp3) is 0.385. The van der Waals surface area contributed by atoms with Crippen molar-refractivity contribution in [3.8, 4) is 0 Å². The highest BCUT2D eigenvalue weighted by molar-refractivity contribution is 5.85. The number of amides is 2. The van der Waals surface area contributed by atoms with E-state index in [0.29, 0.717) is 0 Å². The van der Waals surface area contributed by atoms with Gasteiger partial charge in [-0.1, -0.05) is 24.3 Å². The van der Waals surface area contributed by atoms with E-state index >= 15 is 0 Å². The van der Waals surface area contributed by atoms with Crippen molar-refractivity contribution < 1.29 is 14.7 Å². The summed E-state index contributed by atoms with van der Waals surface area (Å²) >= 11 is 0. The second kappa shape index (κ2) is 5.08. The highest BCUT2D eigenvalue weighted by Gasteiger charge is 2.24. The summed E-state index contributed by atoms with van der Waals surface area (Å²) in [5, 5.41) is 13.6. The van der Waals surface area contributed by atoms with Crippen LogP contribution in [0.2, 0.25) is 0 Å². The fourth-order valence-electron chi connectivity index (χ4n) is 2.24. The standard InChI is InChI=1S/C13H16N2O3/c1-8(14-13(17)18)12(16)15-11-6-9-4-2-3-5-10(9)7-11/h2-5,8,11,14H,6-7H2,1H3,(H,15,16)(H,17,18)/t8-/m1/s1. The highest BCUT2D eigenvalue weighted by atomic mass is 16.4. The van der Waals surface area contributed by atoms with E-state index in [2.05, 4.69) is 22.8 Å². The van der Waals surface area contributed by atoms with Crippen molar-refractivity contribution in [2.45, 2.75) is 31.8 Å². The van der Waals surface area contributed by atoms with Gasteiger partial charge in [0, 0.05) is 6.04 Å². The van der Waals surface area contributed by atoms with Crippen LogP contribution >= 0.6 is 0 Å². The number of benzene rings is 1. The molecule has 0 saturated carbocycles. The van der Waals surface area contributed by atoms with Crippen molar-refractivity contribution in [1.29, 1.82) is 0 Å². The maximum absolute atomic E-state index is 11.7. The molecule has 0 bridgehead atoms. The van der Waals surface area contributed by atoms with Gasteiger partial charge in [0.25, 0.3) is 0 Å². The van der Waals surface area contributed by atoms with Gasteiger partial charge in [0.05, 0.1) is 0 Å². The molecule has 0 fully saturated rings. The Hall–Kier alpha value is -2.04. The first kappa shape index (κ1) is 12.4. The molecular formula is C13H16N2O3. The molecule has 0 radical (unpaired) electrons. The highest BCUT2D eigenvalue weighted by Crippen LogP contribution is 2.21. The van der Waals surface area contributed by atoms with Crippen LogP contribution in [0.4, 0.5) is 4.79 Å². The Morgan fingerprint density at radius 3 is 2.33 bits per heavy atom. The van der Waals surface area contributed by atoms with Crippen LogP contribution in [-0.2, 0) is 17.6 Å². The molecule has 3 N–H and O–H groups in total. The maximum Gasteiger partial charge on any atom is 0.405 e. The van der Waals surface area contributed by atoms with Crippen LogP contribution in [0.5, 0.6) is 0 Å². The summed E-state index contributed by atoms with van der Waals surface area (Å²) in [6.07, 6.45) is 0.427. The lowest BCUT2D eigenvalue weighted by Crippen LogP contribution is -2.48. The third-order valence-electron chi connectivity index (χ3n) is 3.13. The van der Waals surface area contributed by atoms with Crippen LogP contribution in [0.1, 0.15) is 18.1 Å². The maximum atomic E-state index is 11.7. The van der Waals surface area contributed by atoms with Crippen molar-refractivity contribution >= 4 is 12.0 Å². The second-order valence-electron chi connectivity index (χ2n) is 4.55. The minimum atomic E-state index is -1.19. The van der Waals surface area contributed by atoms with Gasteiger partial charge >= 0.3 is 6.09 Å². The number of hydrogen-bond acceptors (Lipinski definition) is 2. The summed E-state index contributed by atoms with van der Waals surface area (Å²) in [4.78, 5) is 22.2. The van der Waals surface area contributed by atoms with E-state index in [9.17, 15) is 9.59 Å². The molecule has 1 aliphatic carbocycles. The average Bonchev–Trinajstić information content (AvgIpc) is 2.69. The molecule has 0 aromatic heterocycles. The number of carboxylic acid groups (broad SMARTS) is 1. The van der Waals surface area contributed by atoms with E-state index < -0.39 is 12.1 Å². The Morgan fingerprint density at radius 2 is 1.83 bits per heavy atom. The van der Waals surface area contributed by atoms with Gasteiger partial charge in [-0.3, -0.25) is 4.79 Å². The zero-order valence-electron chi connectivity index (χ0n) is 10.1. The van der Waals surface area contributed by atoms with Gasteiger partial charge < -0.3 is 15.7 Å². The molecule has 0 heterocycles. The predicted molar refractivity (Wildman–Crippen MR) is 66.4 cm³/mol. The molecule has 0 spiro atoms. The van der Waals surface area contributed by atoms with E-state index in [1.54, 1.807) is 0 Å². The third-order valence-corrected chi connectivity index (χ3v) is 3.13. The van der Waals surface area contributed by atoms with Crippen LogP contribution in [0, 0.1) is 0 Å². The van der Waals surface area contributed by atoms with E-state index in [4.69, 9.17) is 5.11 Å². The number of hydrogen-bond donors (Lipinski definition) is 3. The summed E-state index contributed by atoms with van der Waals surface area (Å²) in [5.74, 6) is -0.282. The quantitative estimate of drug-likeness (QED) is 0.744. The minimum absolute atomic E-state index is 0.0629. The van der Waals surface area contributed by atoms with Crippen molar-refractivity contribution in [3.63, 3.8) is 0 Å². The van der Waals surface area contributed by atoms with Gasteiger partial charge in [-0.25, -0.2) is 4.79 Å². The lowest BCUT2D eigenvalue weighted by atomic mass is 10.1. The molecule has 2 rings (SSSR count). The van der Waals surface area contributed by atoms with Crippen LogP contribution in [0.25, 0.3) is 0 Å². The summed E-state index contributed by atoms with van der Waals surface area (Å²) in [6.45, 7) is 1.53. The second-order valence-corrected chi connectivity index (χ2v) is 4.55. The van der Waals surface area contributed by atoms with Gasteiger partial charge in [-0.15, -0.1) is 0 Å². The monoisotopic (exact) mass is 248 g/mol. The topological polar surface area (TPSA) is 78.4 Å². The van der Waals surface area contributed by atoms with E-state index in [1.807, 2.05) is 12.1 Å². The molecule has 0 aliphatic heterocycles. The average molecular weight is 248 g/mol. The van der Waals surface area contributed by atoms with Crippen LogP contribution < -0.4 is 10.6 Å². The first-order valence-corrected chi connectivity index (χ1v) is 5.93. The molecule has 1 aliphatic rings. The molecule has 5 nitrogen and oxygen atoms in total. The Labute approximate surface area is 105 Å². The molecular weight excluding hydrogens is 232 g/mol. The summed E-state index contributed by atoms with van der Waals surface area (Å²) in [7, 11) is 0. The Morgan fingerprint density at radius 1 is 1.28 bits per heavy atom. The fourth-order valence-corrected chi connectivity index (χ4v) is 2.24. The van der Waals surface area contributed by atoms with E-state index in [1.165, 1.54) is 18.1 Å². The number of fused-ring (bicyclic) bond motifs is 1. The largest absolute Gasteiger partial charge is 0.465 e. The van der Waals surface area contributed by atoms with Crippen molar-refractivity contribution in [1.82, 2.24) is 10.6 Å². The molecule has 1 atom stereocenters. The molecule has 0 unspecified atom stereocenters. The van der Waals surface area contributed by atoms with Gasteiger partial charge in [0.15, 0.2) is 0 Å². The lowest BCUT2D eigenvalue weighted by Gasteiger charge is -2.16. The van der Waals surface area contributed by atoms with Gasteiger partial charge in [0.2, 0.25) is 5.91 Å². The smallest absolute Gasteiger partial charge is 0.405 e. The Kier molecular flexibility index (Phi) is 3.50. The summed E-state index contributed by atoms with van der Waals surface area (Å²) in [5.41, 5.74) is 2.50. The molecule has 5 heteroatoms. The molecule has 2 amide bonds. The van der Waals surface area contributed by atoms with Crippen LogP contribution in [0.15, 0.2) is 24.3 Å². The lowest BCUT2D eigenvalue weighted by molar-refractivity contribution is -0.123. The normalized spacial score (nSPS) is 15.8.